The van der Waals surface area contributed by atoms with E-state index in [9.17, 15) is 4.79 Å². The van der Waals surface area contributed by atoms with Gasteiger partial charge in [-0.2, -0.15) is 0 Å². The number of para-hydroxylation sites is 1. The average Bonchev–Trinajstić information content (AvgIpc) is 2.82. The van der Waals surface area contributed by atoms with E-state index in [1.54, 1.807) is 0 Å². The third-order valence-electron chi connectivity index (χ3n) is 4.88. The molecule has 0 saturated heterocycles. The van der Waals surface area contributed by atoms with E-state index in [0.29, 0.717) is 24.2 Å². The summed E-state index contributed by atoms with van der Waals surface area (Å²) in [6.45, 7) is 0.895. The summed E-state index contributed by atoms with van der Waals surface area (Å²) in [7, 11) is 0. The monoisotopic (exact) mass is 277 g/mol. The average molecular weight is 277 g/mol. The first kappa shape index (κ1) is 12.6. The van der Waals surface area contributed by atoms with Gasteiger partial charge >= 0.3 is 0 Å². The summed E-state index contributed by atoms with van der Waals surface area (Å²) in [5.41, 5.74) is 4.07. The third-order valence-corrected chi connectivity index (χ3v) is 4.88. The number of benzene rings is 2. The normalized spacial score (nSPS) is 23.8. The zero-order chi connectivity index (χ0) is 14.2. The molecule has 2 atom stereocenters. The van der Waals surface area contributed by atoms with E-state index >= 15 is 0 Å². The Morgan fingerprint density at radius 1 is 1.00 bits per heavy atom. The fourth-order valence-corrected chi connectivity index (χ4v) is 3.90. The van der Waals surface area contributed by atoms with Crippen molar-refractivity contribution in [1.82, 2.24) is 0 Å². The molecule has 0 radical (unpaired) electrons. The summed E-state index contributed by atoms with van der Waals surface area (Å²) in [5.74, 6) is 0.949. The molecule has 2 heteroatoms. The van der Waals surface area contributed by atoms with Gasteiger partial charge < -0.3 is 4.90 Å². The molecule has 2 nitrogen and oxygen atoms in total. The van der Waals surface area contributed by atoms with Crippen LogP contribution in [0.1, 0.15) is 36.3 Å². The number of hydrogen-bond acceptors (Lipinski definition) is 2. The number of fused-ring (bicyclic) bond motifs is 3. The van der Waals surface area contributed by atoms with E-state index in [0.717, 1.165) is 19.4 Å². The third kappa shape index (κ3) is 2.15. The lowest BCUT2D eigenvalue weighted by atomic mass is 9.82. The number of anilines is 1. The Hall–Kier alpha value is -2.09. The number of carbonyl (C=O) groups is 1. The standard InChI is InChI=1S/C19H19NO/c21-15-10-11-17-16-8-4-5-9-18(16)20(19(17)12-15)13-14-6-2-1-3-7-14/h1-9,17,19H,10-13H2/t17-,19-/m0/s1. The van der Waals surface area contributed by atoms with Crippen molar-refractivity contribution in [1.29, 1.82) is 0 Å². The van der Waals surface area contributed by atoms with Crippen molar-refractivity contribution in [2.24, 2.45) is 0 Å². The Bertz CT molecular complexity index is 664. The van der Waals surface area contributed by atoms with Crippen molar-refractivity contribution in [2.75, 3.05) is 4.90 Å². The molecular weight excluding hydrogens is 258 g/mol. The SMILES string of the molecule is O=C1CC[C@H]2c3ccccc3N(Cc3ccccc3)[C@H]2C1. The van der Waals surface area contributed by atoms with E-state index in [1.807, 2.05) is 6.07 Å². The van der Waals surface area contributed by atoms with Gasteiger partial charge in [0.1, 0.15) is 5.78 Å². The van der Waals surface area contributed by atoms with Crippen molar-refractivity contribution < 1.29 is 4.79 Å². The quantitative estimate of drug-likeness (QED) is 0.829. The number of nitrogens with zero attached hydrogens (tertiary/aromatic N) is 1. The van der Waals surface area contributed by atoms with E-state index in [4.69, 9.17) is 0 Å². The highest BCUT2D eigenvalue weighted by Gasteiger charge is 2.41. The van der Waals surface area contributed by atoms with Crippen molar-refractivity contribution in [3.05, 3.63) is 65.7 Å². The van der Waals surface area contributed by atoms with Crippen LogP contribution in [0.25, 0.3) is 0 Å². The van der Waals surface area contributed by atoms with E-state index in [2.05, 4.69) is 53.4 Å². The molecule has 1 heterocycles. The first-order valence-electron chi connectivity index (χ1n) is 7.74. The minimum Gasteiger partial charge on any atom is -0.363 e. The Morgan fingerprint density at radius 3 is 2.62 bits per heavy atom. The van der Waals surface area contributed by atoms with Crippen LogP contribution in [0, 0.1) is 0 Å². The second kappa shape index (κ2) is 5.03. The van der Waals surface area contributed by atoms with Crippen LogP contribution in [0.3, 0.4) is 0 Å². The fourth-order valence-electron chi connectivity index (χ4n) is 3.90. The Morgan fingerprint density at radius 2 is 1.76 bits per heavy atom. The van der Waals surface area contributed by atoms with Crippen molar-refractivity contribution in [3.63, 3.8) is 0 Å². The van der Waals surface area contributed by atoms with Gasteiger partial charge in [0.15, 0.2) is 0 Å². The lowest BCUT2D eigenvalue weighted by Gasteiger charge is -2.33. The van der Waals surface area contributed by atoms with Gasteiger partial charge in [0.25, 0.3) is 0 Å². The van der Waals surface area contributed by atoms with Gasteiger partial charge in [0, 0.05) is 37.0 Å². The van der Waals surface area contributed by atoms with E-state index in [-0.39, 0.29) is 0 Å². The number of rotatable bonds is 2. The molecular formula is C19H19NO. The molecule has 2 aromatic carbocycles. The van der Waals surface area contributed by atoms with Crippen molar-refractivity contribution in [2.45, 2.75) is 37.8 Å². The zero-order valence-corrected chi connectivity index (χ0v) is 12.0. The fraction of sp³-hybridized carbons (Fsp3) is 0.316. The van der Waals surface area contributed by atoms with Gasteiger partial charge in [-0.15, -0.1) is 0 Å². The highest BCUT2D eigenvalue weighted by Crippen LogP contribution is 2.47. The van der Waals surface area contributed by atoms with Crippen LogP contribution in [-0.2, 0) is 11.3 Å². The number of ketones is 1. The molecule has 21 heavy (non-hydrogen) atoms. The molecule has 1 fully saturated rings. The van der Waals surface area contributed by atoms with Gasteiger partial charge in [-0.05, 0) is 23.6 Å². The van der Waals surface area contributed by atoms with Crippen LogP contribution in [0.5, 0.6) is 0 Å². The summed E-state index contributed by atoms with van der Waals surface area (Å²) in [5, 5.41) is 0. The van der Waals surface area contributed by atoms with Crippen molar-refractivity contribution >= 4 is 11.5 Å². The highest BCUT2D eigenvalue weighted by atomic mass is 16.1. The molecule has 0 bridgehead atoms. The predicted octanol–water partition coefficient (Wildman–Crippen LogP) is 3.91. The topological polar surface area (TPSA) is 20.3 Å². The number of carbonyl (C=O) groups excluding carboxylic acids is 1. The Kier molecular flexibility index (Phi) is 3.03. The summed E-state index contributed by atoms with van der Waals surface area (Å²) in [4.78, 5) is 14.4. The van der Waals surface area contributed by atoms with Crippen LogP contribution in [-0.4, -0.2) is 11.8 Å². The lowest BCUT2D eigenvalue weighted by molar-refractivity contribution is -0.120. The maximum atomic E-state index is 11.9. The molecule has 106 valence electrons. The smallest absolute Gasteiger partial charge is 0.135 e. The van der Waals surface area contributed by atoms with Crippen LogP contribution in [0.2, 0.25) is 0 Å². The second-order valence-corrected chi connectivity index (χ2v) is 6.13. The van der Waals surface area contributed by atoms with Gasteiger partial charge in [-0.1, -0.05) is 48.5 Å². The van der Waals surface area contributed by atoms with Crippen LogP contribution >= 0.6 is 0 Å². The summed E-state index contributed by atoms with van der Waals surface area (Å²) in [6.07, 6.45) is 2.45. The largest absolute Gasteiger partial charge is 0.363 e. The molecule has 2 aromatic rings. The minimum absolute atomic E-state index is 0.351. The summed E-state index contributed by atoms with van der Waals surface area (Å²) < 4.78 is 0. The number of Topliss-reactive ketones (excluding diaryl/α,β-unsaturated/α-hetero) is 1. The maximum absolute atomic E-state index is 11.9. The van der Waals surface area contributed by atoms with Crippen LogP contribution in [0.4, 0.5) is 5.69 Å². The molecule has 4 rings (SSSR count). The van der Waals surface area contributed by atoms with E-state index < -0.39 is 0 Å². The lowest BCUT2D eigenvalue weighted by Crippen LogP contribution is -2.38. The van der Waals surface area contributed by atoms with Gasteiger partial charge in [0.05, 0.1) is 0 Å². The highest BCUT2D eigenvalue weighted by molar-refractivity contribution is 5.82. The molecule has 0 unspecified atom stereocenters. The molecule has 2 aliphatic rings. The molecule has 1 aliphatic heterocycles. The molecule has 0 amide bonds. The maximum Gasteiger partial charge on any atom is 0.135 e. The first-order valence-corrected chi connectivity index (χ1v) is 7.74. The summed E-state index contributed by atoms with van der Waals surface area (Å²) in [6, 6.07) is 19.6. The zero-order valence-electron chi connectivity index (χ0n) is 12.0. The minimum atomic E-state index is 0.351. The van der Waals surface area contributed by atoms with Gasteiger partial charge in [0.2, 0.25) is 0 Å². The Balaban J connectivity index is 1.72. The molecule has 0 aromatic heterocycles. The molecule has 0 N–H and O–H groups in total. The predicted molar refractivity (Wildman–Crippen MR) is 84.5 cm³/mol. The van der Waals surface area contributed by atoms with Gasteiger partial charge in [-0.25, -0.2) is 0 Å². The molecule has 0 spiro atoms. The molecule has 1 aliphatic carbocycles. The van der Waals surface area contributed by atoms with Crippen molar-refractivity contribution in [3.8, 4) is 0 Å². The number of hydrogen-bond donors (Lipinski definition) is 0. The van der Waals surface area contributed by atoms with E-state index in [1.165, 1.54) is 16.8 Å². The van der Waals surface area contributed by atoms with Crippen LogP contribution < -0.4 is 4.90 Å². The first-order chi connectivity index (χ1) is 10.3. The second-order valence-electron chi connectivity index (χ2n) is 6.13. The van der Waals surface area contributed by atoms with Crippen LogP contribution in [0.15, 0.2) is 54.6 Å². The summed E-state index contributed by atoms with van der Waals surface area (Å²) >= 11 is 0. The Labute approximate surface area is 125 Å². The molecule has 1 saturated carbocycles. The van der Waals surface area contributed by atoms with Gasteiger partial charge in [-0.3, -0.25) is 4.79 Å².